The first-order chi connectivity index (χ1) is 13.6. The van der Waals surface area contributed by atoms with Gasteiger partial charge in [-0.05, 0) is 30.2 Å². The third kappa shape index (κ3) is 5.05. The third-order valence-corrected chi connectivity index (χ3v) is 5.46. The number of nitrogens with one attached hydrogen (secondary N) is 1. The summed E-state index contributed by atoms with van der Waals surface area (Å²) in [5, 5.41) is 12.4. The van der Waals surface area contributed by atoms with Crippen molar-refractivity contribution in [3.05, 3.63) is 64.9 Å². The number of benzene rings is 2. The van der Waals surface area contributed by atoms with Crippen LogP contribution in [0.25, 0.3) is 0 Å². The Hall–Kier alpha value is -2.51. The number of hydrogen-bond donors (Lipinski definition) is 1. The first-order valence-electron chi connectivity index (χ1n) is 8.84. The lowest BCUT2D eigenvalue weighted by atomic mass is 10.1. The van der Waals surface area contributed by atoms with E-state index in [1.165, 1.54) is 11.8 Å². The molecule has 0 aliphatic heterocycles. The summed E-state index contributed by atoms with van der Waals surface area (Å²) in [4.78, 5) is 12.3. The van der Waals surface area contributed by atoms with Crippen LogP contribution in [0.15, 0.2) is 53.7 Å². The maximum absolute atomic E-state index is 12.3. The van der Waals surface area contributed by atoms with Gasteiger partial charge in [-0.1, -0.05) is 60.6 Å². The molecule has 3 rings (SSSR count). The SMILES string of the molecule is CCc1ccccc1NC(=O)CSc1nnc(COc2ccccc2Cl)n1C. The average molecular weight is 417 g/mol. The zero-order valence-corrected chi connectivity index (χ0v) is 17.3. The van der Waals surface area contributed by atoms with E-state index >= 15 is 0 Å². The fourth-order valence-corrected chi connectivity index (χ4v) is 3.49. The Morgan fingerprint density at radius 3 is 2.71 bits per heavy atom. The van der Waals surface area contributed by atoms with Gasteiger partial charge < -0.3 is 14.6 Å². The predicted octanol–water partition coefficient (Wildman–Crippen LogP) is 4.34. The normalized spacial score (nSPS) is 10.7. The number of amides is 1. The molecule has 1 N–H and O–H groups in total. The fraction of sp³-hybridized carbons (Fsp3) is 0.250. The highest BCUT2D eigenvalue weighted by atomic mass is 35.5. The fourth-order valence-electron chi connectivity index (χ4n) is 2.57. The molecule has 0 aliphatic carbocycles. The maximum atomic E-state index is 12.3. The van der Waals surface area contributed by atoms with Crippen LogP contribution in [0.1, 0.15) is 18.3 Å². The monoisotopic (exact) mass is 416 g/mol. The number of anilines is 1. The molecular weight excluding hydrogens is 396 g/mol. The number of thioether (sulfide) groups is 1. The van der Waals surface area contributed by atoms with Crippen molar-refractivity contribution in [3.63, 3.8) is 0 Å². The molecule has 1 heterocycles. The molecule has 0 fully saturated rings. The molecule has 0 saturated carbocycles. The summed E-state index contributed by atoms with van der Waals surface area (Å²) in [6.45, 7) is 2.30. The summed E-state index contributed by atoms with van der Waals surface area (Å²) in [5.41, 5.74) is 1.96. The summed E-state index contributed by atoms with van der Waals surface area (Å²) in [6.07, 6.45) is 0.863. The molecule has 0 bridgehead atoms. The van der Waals surface area contributed by atoms with E-state index < -0.39 is 0 Å². The van der Waals surface area contributed by atoms with Gasteiger partial charge in [0.15, 0.2) is 11.0 Å². The number of carbonyl (C=O) groups excluding carboxylic acids is 1. The summed E-state index contributed by atoms with van der Waals surface area (Å²) < 4.78 is 7.52. The number of hydrogen-bond acceptors (Lipinski definition) is 5. The van der Waals surface area contributed by atoms with Crippen LogP contribution in [0.5, 0.6) is 5.75 Å². The Labute approximate surface area is 173 Å². The van der Waals surface area contributed by atoms with Gasteiger partial charge in [0.05, 0.1) is 10.8 Å². The van der Waals surface area contributed by atoms with Crippen LogP contribution < -0.4 is 10.1 Å². The van der Waals surface area contributed by atoms with E-state index in [9.17, 15) is 4.79 Å². The van der Waals surface area contributed by atoms with Crippen molar-refractivity contribution in [2.24, 2.45) is 7.05 Å². The lowest BCUT2D eigenvalue weighted by Gasteiger charge is -2.09. The van der Waals surface area contributed by atoms with Gasteiger partial charge in [-0.3, -0.25) is 4.79 Å². The minimum absolute atomic E-state index is 0.0808. The van der Waals surface area contributed by atoms with E-state index in [0.717, 1.165) is 17.7 Å². The van der Waals surface area contributed by atoms with Gasteiger partial charge in [0, 0.05) is 12.7 Å². The second-order valence-electron chi connectivity index (χ2n) is 6.02. The smallest absolute Gasteiger partial charge is 0.234 e. The minimum atomic E-state index is -0.0808. The summed E-state index contributed by atoms with van der Waals surface area (Å²) >= 11 is 7.42. The van der Waals surface area contributed by atoms with Crippen molar-refractivity contribution < 1.29 is 9.53 Å². The van der Waals surface area contributed by atoms with E-state index in [2.05, 4.69) is 22.4 Å². The van der Waals surface area contributed by atoms with Crippen molar-refractivity contribution in [2.45, 2.75) is 25.1 Å². The van der Waals surface area contributed by atoms with Gasteiger partial charge in [-0.15, -0.1) is 10.2 Å². The Kier molecular flexibility index (Phi) is 6.95. The zero-order chi connectivity index (χ0) is 19.9. The Bertz CT molecular complexity index is 961. The van der Waals surface area contributed by atoms with E-state index in [1.807, 2.05) is 48.0 Å². The Balaban J connectivity index is 1.55. The largest absolute Gasteiger partial charge is 0.484 e. The molecule has 0 spiro atoms. The molecular formula is C20H21ClN4O2S. The standard InChI is InChI=1S/C20H21ClN4O2S/c1-3-14-8-4-6-10-16(14)22-19(26)13-28-20-24-23-18(25(20)2)12-27-17-11-7-5-9-15(17)21/h4-11H,3,12-13H2,1-2H3,(H,22,26). The van der Waals surface area contributed by atoms with Crippen LogP contribution in [0.2, 0.25) is 5.02 Å². The molecule has 0 radical (unpaired) electrons. The number of carbonyl (C=O) groups is 1. The second kappa shape index (κ2) is 9.61. The molecule has 3 aromatic rings. The van der Waals surface area contributed by atoms with Crippen LogP contribution in [-0.2, 0) is 24.9 Å². The number of aryl methyl sites for hydroxylation is 1. The number of nitrogens with zero attached hydrogens (tertiary/aromatic N) is 3. The maximum Gasteiger partial charge on any atom is 0.234 e. The lowest BCUT2D eigenvalue weighted by Crippen LogP contribution is -2.15. The molecule has 0 unspecified atom stereocenters. The van der Waals surface area contributed by atoms with E-state index in [0.29, 0.717) is 21.8 Å². The zero-order valence-electron chi connectivity index (χ0n) is 15.7. The molecule has 1 amide bonds. The number of halogens is 1. The van der Waals surface area contributed by atoms with Gasteiger partial charge >= 0.3 is 0 Å². The van der Waals surface area contributed by atoms with Crippen molar-refractivity contribution in [1.82, 2.24) is 14.8 Å². The molecule has 1 aromatic heterocycles. The van der Waals surface area contributed by atoms with Crippen LogP contribution in [0, 0.1) is 0 Å². The predicted molar refractivity (Wildman–Crippen MR) is 112 cm³/mol. The molecule has 28 heavy (non-hydrogen) atoms. The molecule has 6 nitrogen and oxygen atoms in total. The average Bonchev–Trinajstić information content (AvgIpc) is 3.06. The Morgan fingerprint density at radius 2 is 1.93 bits per heavy atom. The van der Waals surface area contributed by atoms with Crippen LogP contribution in [-0.4, -0.2) is 26.4 Å². The van der Waals surface area contributed by atoms with Gasteiger partial charge in [-0.25, -0.2) is 0 Å². The van der Waals surface area contributed by atoms with Crippen molar-refractivity contribution in [1.29, 1.82) is 0 Å². The van der Waals surface area contributed by atoms with Gasteiger partial charge in [0.1, 0.15) is 12.4 Å². The number of aromatic nitrogens is 3. The highest BCUT2D eigenvalue weighted by Crippen LogP contribution is 2.24. The van der Waals surface area contributed by atoms with Gasteiger partial charge in [0.25, 0.3) is 0 Å². The first kappa shape index (κ1) is 20.2. The quantitative estimate of drug-likeness (QED) is 0.553. The van der Waals surface area contributed by atoms with E-state index in [1.54, 1.807) is 12.1 Å². The summed E-state index contributed by atoms with van der Waals surface area (Å²) in [7, 11) is 1.85. The van der Waals surface area contributed by atoms with Crippen LogP contribution in [0.3, 0.4) is 0 Å². The summed E-state index contributed by atoms with van der Waals surface area (Å²) in [5.74, 6) is 1.41. The van der Waals surface area contributed by atoms with E-state index in [4.69, 9.17) is 16.3 Å². The van der Waals surface area contributed by atoms with E-state index in [-0.39, 0.29) is 18.3 Å². The topological polar surface area (TPSA) is 69.0 Å². The molecule has 0 aliphatic rings. The Morgan fingerprint density at radius 1 is 1.18 bits per heavy atom. The van der Waals surface area contributed by atoms with Gasteiger partial charge in [0.2, 0.25) is 5.91 Å². The van der Waals surface area contributed by atoms with Crippen LogP contribution >= 0.6 is 23.4 Å². The third-order valence-electron chi connectivity index (χ3n) is 4.12. The molecule has 2 aromatic carbocycles. The summed E-state index contributed by atoms with van der Waals surface area (Å²) in [6, 6.07) is 15.1. The molecule has 8 heteroatoms. The highest BCUT2D eigenvalue weighted by molar-refractivity contribution is 7.99. The number of rotatable bonds is 8. The first-order valence-corrected chi connectivity index (χ1v) is 10.2. The highest BCUT2D eigenvalue weighted by Gasteiger charge is 2.13. The second-order valence-corrected chi connectivity index (χ2v) is 7.37. The molecule has 146 valence electrons. The molecule has 0 saturated heterocycles. The van der Waals surface area contributed by atoms with Crippen molar-refractivity contribution in [2.75, 3.05) is 11.1 Å². The van der Waals surface area contributed by atoms with Crippen molar-refractivity contribution >= 4 is 35.0 Å². The molecule has 0 atom stereocenters. The number of para-hydroxylation sites is 2. The van der Waals surface area contributed by atoms with Crippen LogP contribution in [0.4, 0.5) is 5.69 Å². The van der Waals surface area contributed by atoms with Gasteiger partial charge in [-0.2, -0.15) is 0 Å². The lowest BCUT2D eigenvalue weighted by molar-refractivity contribution is -0.113. The number of ether oxygens (including phenoxy) is 1. The van der Waals surface area contributed by atoms with Crippen molar-refractivity contribution in [3.8, 4) is 5.75 Å². The minimum Gasteiger partial charge on any atom is -0.484 e.